The van der Waals surface area contributed by atoms with E-state index in [4.69, 9.17) is 4.74 Å². The van der Waals surface area contributed by atoms with Gasteiger partial charge in [0.15, 0.2) is 5.82 Å². The lowest BCUT2D eigenvalue weighted by atomic mass is 10.3. The zero-order valence-electron chi connectivity index (χ0n) is 10.1. The molecule has 5 heteroatoms. The van der Waals surface area contributed by atoms with Gasteiger partial charge in [-0.05, 0) is 0 Å². The van der Waals surface area contributed by atoms with Crippen LogP contribution in [0.2, 0.25) is 0 Å². The lowest BCUT2D eigenvalue weighted by Crippen LogP contribution is -2.31. The number of nitrogens with zero attached hydrogens (tertiary/aromatic N) is 2. The van der Waals surface area contributed by atoms with Gasteiger partial charge in [0.25, 0.3) is 0 Å². The van der Waals surface area contributed by atoms with Gasteiger partial charge in [-0.15, -0.1) is 0 Å². The Morgan fingerprint density at radius 2 is 2.31 bits per heavy atom. The Labute approximate surface area is 95.8 Å². The van der Waals surface area contributed by atoms with E-state index in [1.165, 1.54) is 0 Å². The topological polar surface area (TPSA) is 56.2 Å². The minimum atomic E-state index is -0.0138. The van der Waals surface area contributed by atoms with E-state index in [1.54, 1.807) is 6.07 Å². The predicted molar refractivity (Wildman–Crippen MR) is 62.4 cm³/mol. The molecule has 0 bridgehead atoms. The van der Waals surface area contributed by atoms with Gasteiger partial charge in [-0.3, -0.25) is 9.48 Å². The van der Waals surface area contributed by atoms with E-state index in [2.05, 4.69) is 10.4 Å². The summed E-state index contributed by atoms with van der Waals surface area (Å²) < 4.78 is 6.88. The Morgan fingerprint density at radius 1 is 1.62 bits per heavy atom. The smallest absolute Gasteiger partial charge is 0.225 e. The molecule has 16 heavy (non-hydrogen) atoms. The summed E-state index contributed by atoms with van der Waals surface area (Å²) in [5.41, 5.74) is 0. The molecule has 0 unspecified atom stereocenters. The number of hydrogen-bond donors (Lipinski definition) is 1. The summed E-state index contributed by atoms with van der Waals surface area (Å²) in [7, 11) is 0. The van der Waals surface area contributed by atoms with Crippen molar-refractivity contribution in [2.24, 2.45) is 0 Å². The van der Waals surface area contributed by atoms with Gasteiger partial charge in [0.05, 0.1) is 19.3 Å². The van der Waals surface area contributed by atoms with Crippen LogP contribution < -0.4 is 5.32 Å². The number of carbonyl (C=O) groups is 1. The van der Waals surface area contributed by atoms with Crippen LogP contribution in [0.5, 0.6) is 0 Å². The first-order valence-electron chi connectivity index (χ1n) is 5.72. The standard InChI is InChI=1S/C9H13N3O2.C2H6/c1-2-9(13)10-8-3-4-12(11-8)7-5-14-6-7;1-2/h3-4,7H,2,5-6H2,1H3,(H,10,11,13);1-2H3. The lowest BCUT2D eigenvalue weighted by molar-refractivity contribution is -0.115. The summed E-state index contributed by atoms with van der Waals surface area (Å²) in [6.45, 7) is 7.23. The van der Waals surface area contributed by atoms with Crippen LogP contribution in [0, 0.1) is 0 Å². The molecule has 0 saturated carbocycles. The van der Waals surface area contributed by atoms with Crippen molar-refractivity contribution in [3.8, 4) is 0 Å². The summed E-state index contributed by atoms with van der Waals surface area (Å²) in [5, 5.41) is 6.93. The van der Waals surface area contributed by atoms with Crippen molar-refractivity contribution in [1.29, 1.82) is 0 Å². The average molecular weight is 225 g/mol. The second kappa shape index (κ2) is 6.27. The molecule has 0 spiro atoms. The van der Waals surface area contributed by atoms with Crippen molar-refractivity contribution < 1.29 is 9.53 Å². The third-order valence-electron chi connectivity index (χ3n) is 2.19. The Morgan fingerprint density at radius 3 is 2.81 bits per heavy atom. The summed E-state index contributed by atoms with van der Waals surface area (Å²) in [6.07, 6.45) is 2.33. The van der Waals surface area contributed by atoms with Gasteiger partial charge in [-0.2, -0.15) is 5.10 Å². The number of aromatic nitrogens is 2. The Balaban J connectivity index is 0.000000606. The van der Waals surface area contributed by atoms with Gasteiger partial charge < -0.3 is 10.1 Å². The number of amides is 1. The van der Waals surface area contributed by atoms with Gasteiger partial charge in [0.1, 0.15) is 0 Å². The van der Waals surface area contributed by atoms with Crippen molar-refractivity contribution in [2.45, 2.75) is 33.2 Å². The maximum atomic E-state index is 11.1. The number of anilines is 1. The Hall–Kier alpha value is -1.36. The van der Waals surface area contributed by atoms with E-state index in [0.29, 0.717) is 31.5 Å². The molecule has 2 rings (SSSR count). The molecule has 2 heterocycles. The van der Waals surface area contributed by atoms with Crippen LogP contribution in [0.25, 0.3) is 0 Å². The molecular formula is C11H19N3O2. The molecule has 0 aromatic carbocycles. The SMILES string of the molecule is CC.CCC(=O)Nc1ccn(C2COC2)n1. The third kappa shape index (κ3) is 3.06. The second-order valence-corrected chi connectivity index (χ2v) is 3.27. The molecule has 1 aromatic rings. The monoisotopic (exact) mass is 225 g/mol. The first kappa shape index (κ1) is 12.7. The normalized spacial score (nSPS) is 14.7. The quantitative estimate of drug-likeness (QED) is 0.853. The number of nitrogens with one attached hydrogen (secondary N) is 1. The maximum Gasteiger partial charge on any atom is 0.225 e. The zero-order chi connectivity index (χ0) is 12.0. The van der Waals surface area contributed by atoms with Crippen molar-refractivity contribution in [1.82, 2.24) is 9.78 Å². The minimum absolute atomic E-state index is 0.0138. The third-order valence-corrected chi connectivity index (χ3v) is 2.19. The van der Waals surface area contributed by atoms with Crippen molar-refractivity contribution >= 4 is 11.7 Å². The van der Waals surface area contributed by atoms with Gasteiger partial charge in [0, 0.05) is 18.7 Å². The Bertz CT molecular complexity index is 332. The molecule has 0 atom stereocenters. The van der Waals surface area contributed by atoms with E-state index in [0.717, 1.165) is 0 Å². The molecular weight excluding hydrogens is 206 g/mol. The molecule has 90 valence electrons. The average Bonchev–Trinajstić information content (AvgIpc) is 2.66. The zero-order valence-corrected chi connectivity index (χ0v) is 10.1. The van der Waals surface area contributed by atoms with Gasteiger partial charge in [-0.1, -0.05) is 20.8 Å². The Kier molecular flexibility index (Phi) is 4.98. The molecule has 5 nitrogen and oxygen atoms in total. The fourth-order valence-corrected chi connectivity index (χ4v) is 1.22. The van der Waals surface area contributed by atoms with E-state index in [9.17, 15) is 4.79 Å². The van der Waals surface area contributed by atoms with Crippen LogP contribution in [0.1, 0.15) is 33.2 Å². The first-order valence-corrected chi connectivity index (χ1v) is 5.72. The highest BCUT2D eigenvalue weighted by molar-refractivity contribution is 5.89. The van der Waals surface area contributed by atoms with E-state index >= 15 is 0 Å². The van der Waals surface area contributed by atoms with Crippen LogP contribution >= 0.6 is 0 Å². The van der Waals surface area contributed by atoms with Gasteiger partial charge in [-0.25, -0.2) is 0 Å². The first-order chi connectivity index (χ1) is 7.79. The van der Waals surface area contributed by atoms with Crippen LogP contribution in [0.3, 0.4) is 0 Å². The van der Waals surface area contributed by atoms with Gasteiger partial charge >= 0.3 is 0 Å². The summed E-state index contributed by atoms with van der Waals surface area (Å²) in [4.78, 5) is 11.1. The van der Waals surface area contributed by atoms with Crippen LogP contribution in [0.4, 0.5) is 5.82 Å². The summed E-state index contributed by atoms with van der Waals surface area (Å²) in [6, 6.07) is 2.13. The molecule has 1 amide bonds. The number of hydrogen-bond acceptors (Lipinski definition) is 3. The van der Waals surface area contributed by atoms with Crippen LogP contribution in [-0.2, 0) is 9.53 Å². The molecule has 0 radical (unpaired) electrons. The van der Waals surface area contributed by atoms with Crippen molar-refractivity contribution in [2.75, 3.05) is 18.5 Å². The van der Waals surface area contributed by atoms with Gasteiger partial charge in [0.2, 0.25) is 5.91 Å². The lowest BCUT2D eigenvalue weighted by Gasteiger charge is -2.25. The minimum Gasteiger partial charge on any atom is -0.377 e. The fraction of sp³-hybridized carbons (Fsp3) is 0.636. The van der Waals surface area contributed by atoms with E-state index in [-0.39, 0.29) is 5.91 Å². The fourth-order valence-electron chi connectivity index (χ4n) is 1.22. The predicted octanol–water partition coefficient (Wildman–Crippen LogP) is 1.83. The summed E-state index contributed by atoms with van der Waals surface area (Å²) in [5.74, 6) is 0.601. The van der Waals surface area contributed by atoms with Crippen LogP contribution in [-0.4, -0.2) is 28.9 Å². The maximum absolute atomic E-state index is 11.1. The highest BCUT2D eigenvalue weighted by Gasteiger charge is 2.21. The molecule has 1 aromatic heterocycles. The molecule has 1 fully saturated rings. The molecule has 1 aliphatic rings. The highest BCUT2D eigenvalue weighted by Crippen LogP contribution is 2.17. The molecule has 0 aliphatic carbocycles. The van der Waals surface area contributed by atoms with E-state index in [1.807, 2.05) is 31.6 Å². The largest absolute Gasteiger partial charge is 0.377 e. The second-order valence-electron chi connectivity index (χ2n) is 3.27. The number of carbonyl (C=O) groups excluding carboxylic acids is 1. The van der Waals surface area contributed by atoms with E-state index < -0.39 is 0 Å². The van der Waals surface area contributed by atoms with Crippen LogP contribution in [0.15, 0.2) is 12.3 Å². The van der Waals surface area contributed by atoms with Crippen molar-refractivity contribution in [3.05, 3.63) is 12.3 Å². The molecule has 1 saturated heterocycles. The van der Waals surface area contributed by atoms with Crippen molar-refractivity contribution in [3.63, 3.8) is 0 Å². The molecule has 1 N–H and O–H groups in total. The highest BCUT2D eigenvalue weighted by atomic mass is 16.5. The summed E-state index contributed by atoms with van der Waals surface area (Å²) >= 11 is 0. The number of ether oxygens (including phenoxy) is 1. The number of rotatable bonds is 3. The molecule has 1 aliphatic heterocycles.